The van der Waals surface area contributed by atoms with Gasteiger partial charge < -0.3 is 4.90 Å². The van der Waals surface area contributed by atoms with Crippen LogP contribution in [0.25, 0.3) is 0 Å². The number of likely N-dealkylation sites (tertiary alicyclic amines) is 1. The number of nitrogens with one attached hydrogen (secondary N) is 1. The average Bonchev–Trinajstić information content (AvgIpc) is 2.59. The number of rotatable bonds is 6. The van der Waals surface area contributed by atoms with Crippen molar-refractivity contribution in [1.29, 1.82) is 0 Å². The number of carbonyl (C=O) groups excluding carboxylic acids is 1. The predicted octanol–water partition coefficient (Wildman–Crippen LogP) is 2.56. The first-order chi connectivity index (χ1) is 11.3. The van der Waals surface area contributed by atoms with Gasteiger partial charge in [-0.05, 0) is 49.3 Å². The smallest absolute Gasteiger partial charge is 0.241 e. The Morgan fingerprint density at radius 1 is 1.12 bits per heavy atom. The molecule has 5 nitrogen and oxygen atoms in total. The minimum atomic E-state index is -3.71. The molecule has 2 rings (SSSR count). The van der Waals surface area contributed by atoms with Crippen LogP contribution < -0.4 is 4.72 Å². The molecule has 1 atom stereocenters. The molecule has 0 aromatic heterocycles. The zero-order valence-electron chi connectivity index (χ0n) is 14.8. The first-order valence-corrected chi connectivity index (χ1v) is 10.2. The van der Waals surface area contributed by atoms with Gasteiger partial charge in [0, 0.05) is 13.1 Å². The molecule has 1 amide bonds. The van der Waals surface area contributed by atoms with E-state index < -0.39 is 16.1 Å². The molecule has 1 heterocycles. The van der Waals surface area contributed by atoms with Crippen molar-refractivity contribution in [2.24, 2.45) is 5.92 Å². The van der Waals surface area contributed by atoms with E-state index >= 15 is 0 Å². The Hall–Kier alpha value is -1.40. The number of carbonyl (C=O) groups is 1. The van der Waals surface area contributed by atoms with Gasteiger partial charge in [-0.25, -0.2) is 8.42 Å². The second-order valence-corrected chi connectivity index (χ2v) is 8.44. The minimum absolute atomic E-state index is 0.107. The van der Waals surface area contributed by atoms with Crippen LogP contribution >= 0.6 is 0 Å². The monoisotopic (exact) mass is 352 g/mol. The van der Waals surface area contributed by atoms with Crippen molar-refractivity contribution in [1.82, 2.24) is 9.62 Å². The SMILES string of the molecule is CCc1ccc(S(=O)(=O)N[C@H](C(=O)N2CCCCC2)C(C)C)cc1. The van der Waals surface area contributed by atoms with Crippen molar-refractivity contribution >= 4 is 15.9 Å². The van der Waals surface area contributed by atoms with Gasteiger partial charge in [0.15, 0.2) is 0 Å². The van der Waals surface area contributed by atoms with Gasteiger partial charge in [0.05, 0.1) is 4.90 Å². The summed E-state index contributed by atoms with van der Waals surface area (Å²) in [6.45, 7) is 7.20. The number of sulfonamides is 1. The largest absolute Gasteiger partial charge is 0.341 e. The fraction of sp³-hybridized carbons (Fsp3) is 0.611. The number of hydrogen-bond acceptors (Lipinski definition) is 3. The molecule has 0 radical (unpaired) electrons. The summed E-state index contributed by atoms with van der Waals surface area (Å²) in [7, 11) is -3.71. The third kappa shape index (κ3) is 4.57. The standard InChI is InChI=1S/C18H28N2O3S/c1-4-15-8-10-16(11-9-15)24(22,23)19-17(14(2)3)18(21)20-12-6-5-7-13-20/h8-11,14,17,19H,4-7,12-13H2,1-3H3/t17-/m0/s1. The summed E-state index contributed by atoms with van der Waals surface area (Å²) in [5.74, 6) is -0.220. The van der Waals surface area contributed by atoms with Crippen LogP contribution in [-0.2, 0) is 21.2 Å². The predicted molar refractivity (Wildman–Crippen MR) is 95.2 cm³/mol. The van der Waals surface area contributed by atoms with Crippen LogP contribution in [0.15, 0.2) is 29.2 Å². The van der Waals surface area contributed by atoms with Crippen LogP contribution in [0.1, 0.15) is 45.6 Å². The van der Waals surface area contributed by atoms with Gasteiger partial charge >= 0.3 is 0 Å². The van der Waals surface area contributed by atoms with E-state index in [1.807, 2.05) is 32.9 Å². The maximum absolute atomic E-state index is 12.7. The molecule has 24 heavy (non-hydrogen) atoms. The van der Waals surface area contributed by atoms with Gasteiger partial charge in [0.2, 0.25) is 15.9 Å². The quantitative estimate of drug-likeness (QED) is 0.856. The first kappa shape index (κ1) is 18.9. The summed E-state index contributed by atoms with van der Waals surface area (Å²) < 4.78 is 27.9. The molecule has 0 spiro atoms. The van der Waals surface area contributed by atoms with Crippen LogP contribution in [0.4, 0.5) is 0 Å². The van der Waals surface area contributed by atoms with E-state index in [1.54, 1.807) is 17.0 Å². The number of hydrogen-bond donors (Lipinski definition) is 1. The van der Waals surface area contributed by atoms with Crippen LogP contribution in [0.2, 0.25) is 0 Å². The minimum Gasteiger partial charge on any atom is -0.341 e. The number of benzene rings is 1. The molecule has 0 unspecified atom stereocenters. The number of piperidine rings is 1. The lowest BCUT2D eigenvalue weighted by Gasteiger charge is -2.32. The van der Waals surface area contributed by atoms with Crippen molar-refractivity contribution in [3.05, 3.63) is 29.8 Å². The summed E-state index contributed by atoms with van der Waals surface area (Å²) in [5, 5.41) is 0. The van der Waals surface area contributed by atoms with Crippen LogP contribution in [-0.4, -0.2) is 38.4 Å². The molecule has 0 saturated carbocycles. The average molecular weight is 353 g/mol. The molecule has 1 N–H and O–H groups in total. The molecule has 1 aromatic rings. The number of aryl methyl sites for hydroxylation is 1. The van der Waals surface area contributed by atoms with Crippen LogP contribution in [0.3, 0.4) is 0 Å². The number of amides is 1. The third-order valence-corrected chi connectivity index (χ3v) is 5.98. The molecule has 1 fully saturated rings. The van der Waals surface area contributed by atoms with Gasteiger partial charge in [0.1, 0.15) is 6.04 Å². The molecule has 1 saturated heterocycles. The Balaban J connectivity index is 2.17. The normalized spacial score (nSPS) is 17.1. The van der Waals surface area contributed by atoms with Crippen molar-refractivity contribution < 1.29 is 13.2 Å². The Bertz CT molecular complexity index is 647. The lowest BCUT2D eigenvalue weighted by Crippen LogP contribution is -2.52. The molecule has 1 aromatic carbocycles. The van der Waals surface area contributed by atoms with Crippen molar-refractivity contribution in [2.45, 2.75) is 57.4 Å². The van der Waals surface area contributed by atoms with Crippen molar-refractivity contribution in [3.8, 4) is 0 Å². The molecule has 0 bridgehead atoms. The molecule has 0 aliphatic carbocycles. The fourth-order valence-electron chi connectivity index (χ4n) is 2.92. The van der Waals surface area contributed by atoms with E-state index in [4.69, 9.17) is 0 Å². The Morgan fingerprint density at radius 3 is 2.21 bits per heavy atom. The lowest BCUT2D eigenvalue weighted by atomic mass is 10.0. The van der Waals surface area contributed by atoms with E-state index in [1.165, 1.54) is 0 Å². The van der Waals surface area contributed by atoms with Crippen LogP contribution in [0.5, 0.6) is 0 Å². The third-order valence-electron chi connectivity index (χ3n) is 4.52. The highest BCUT2D eigenvalue weighted by Gasteiger charge is 2.32. The summed E-state index contributed by atoms with van der Waals surface area (Å²) in [6, 6.07) is 6.10. The van der Waals surface area contributed by atoms with Crippen molar-refractivity contribution in [2.75, 3.05) is 13.1 Å². The van der Waals surface area contributed by atoms with E-state index in [9.17, 15) is 13.2 Å². The highest BCUT2D eigenvalue weighted by molar-refractivity contribution is 7.89. The second kappa shape index (κ2) is 8.12. The first-order valence-electron chi connectivity index (χ1n) is 8.75. The summed E-state index contributed by atoms with van der Waals surface area (Å²) >= 11 is 0. The lowest BCUT2D eigenvalue weighted by molar-refractivity contribution is -0.134. The fourth-order valence-corrected chi connectivity index (χ4v) is 4.26. The second-order valence-electron chi connectivity index (χ2n) is 6.73. The maximum atomic E-state index is 12.7. The Labute approximate surface area is 145 Å². The Morgan fingerprint density at radius 2 is 1.71 bits per heavy atom. The van der Waals surface area contributed by atoms with E-state index in [-0.39, 0.29) is 16.7 Å². The van der Waals surface area contributed by atoms with Crippen LogP contribution in [0, 0.1) is 5.92 Å². The topological polar surface area (TPSA) is 66.5 Å². The van der Waals surface area contributed by atoms with Gasteiger partial charge in [-0.1, -0.05) is 32.9 Å². The zero-order valence-corrected chi connectivity index (χ0v) is 15.6. The number of nitrogens with zero attached hydrogens (tertiary/aromatic N) is 1. The molecular formula is C18H28N2O3S. The summed E-state index contributed by atoms with van der Waals surface area (Å²) in [6.07, 6.45) is 3.96. The van der Waals surface area contributed by atoms with Gasteiger partial charge in [-0.3, -0.25) is 4.79 Å². The maximum Gasteiger partial charge on any atom is 0.241 e. The van der Waals surface area contributed by atoms with E-state index in [0.717, 1.165) is 44.3 Å². The molecule has 1 aliphatic rings. The van der Waals surface area contributed by atoms with Gasteiger partial charge in [-0.2, -0.15) is 4.72 Å². The summed E-state index contributed by atoms with van der Waals surface area (Å²) in [5.41, 5.74) is 1.08. The highest BCUT2D eigenvalue weighted by atomic mass is 32.2. The molecular weight excluding hydrogens is 324 g/mol. The van der Waals surface area contributed by atoms with E-state index in [2.05, 4.69) is 4.72 Å². The van der Waals surface area contributed by atoms with Gasteiger partial charge in [-0.15, -0.1) is 0 Å². The van der Waals surface area contributed by atoms with E-state index in [0.29, 0.717) is 0 Å². The Kier molecular flexibility index (Phi) is 6.40. The van der Waals surface area contributed by atoms with Gasteiger partial charge in [0.25, 0.3) is 0 Å². The zero-order chi connectivity index (χ0) is 17.7. The molecule has 1 aliphatic heterocycles. The van der Waals surface area contributed by atoms with Crippen molar-refractivity contribution in [3.63, 3.8) is 0 Å². The molecule has 6 heteroatoms. The summed E-state index contributed by atoms with van der Waals surface area (Å²) in [4.78, 5) is 14.7. The highest BCUT2D eigenvalue weighted by Crippen LogP contribution is 2.17. The molecule has 134 valence electrons.